The molecule has 0 amide bonds. The van der Waals surface area contributed by atoms with Gasteiger partial charge >= 0.3 is 0 Å². The molecule has 1 atom stereocenters. The monoisotopic (exact) mass is 615 g/mol. The Balaban J connectivity index is 0.000000978. The van der Waals surface area contributed by atoms with E-state index in [1.807, 2.05) is 42.5 Å². The van der Waals surface area contributed by atoms with Crippen molar-refractivity contribution in [2.45, 2.75) is 65.5 Å². The predicted octanol–water partition coefficient (Wildman–Crippen LogP) is 8.23. The molecule has 44 heavy (non-hydrogen) atoms. The Kier molecular flexibility index (Phi) is 12.1. The number of hydrogen-bond acceptors (Lipinski definition) is 4. The largest absolute Gasteiger partial charge is 0.489 e. The molecule has 0 saturated carbocycles. The zero-order valence-electron chi connectivity index (χ0n) is 26.6. The molecular weight excluding hydrogens is 570 g/mol. The first-order chi connectivity index (χ1) is 20.7. The van der Waals surface area contributed by atoms with E-state index in [0.717, 1.165) is 29.1 Å². The zero-order valence-corrected chi connectivity index (χ0v) is 27.4. The van der Waals surface area contributed by atoms with Gasteiger partial charge in [0, 0.05) is 5.69 Å². The van der Waals surface area contributed by atoms with Gasteiger partial charge < -0.3 is 15.4 Å². The molecular formula is C36H45N3O4S. The Morgan fingerprint density at radius 1 is 0.886 bits per heavy atom. The summed E-state index contributed by atoms with van der Waals surface area (Å²) < 4.78 is 31.8. The van der Waals surface area contributed by atoms with E-state index in [4.69, 9.17) is 20.0 Å². The van der Waals surface area contributed by atoms with Gasteiger partial charge in [0.1, 0.15) is 12.4 Å². The number of nitrogens with zero attached hydrogens (tertiary/aromatic N) is 2. The number of ether oxygens (including phenoxy) is 1. The highest BCUT2D eigenvalue weighted by molar-refractivity contribution is 7.85. The second-order valence-electron chi connectivity index (χ2n) is 11.9. The van der Waals surface area contributed by atoms with Crippen LogP contribution in [-0.2, 0) is 28.7 Å². The van der Waals surface area contributed by atoms with Crippen molar-refractivity contribution < 1.29 is 17.7 Å². The van der Waals surface area contributed by atoms with Crippen LogP contribution >= 0.6 is 0 Å². The van der Waals surface area contributed by atoms with Gasteiger partial charge in [-0.15, -0.1) is 0 Å². The summed E-state index contributed by atoms with van der Waals surface area (Å²) in [6.45, 7) is 12.3. The lowest BCUT2D eigenvalue weighted by molar-refractivity contribution is 0.306. The third kappa shape index (κ3) is 11.5. The molecule has 7 nitrogen and oxygen atoms in total. The van der Waals surface area contributed by atoms with Gasteiger partial charge in [-0.05, 0) is 76.4 Å². The minimum Gasteiger partial charge on any atom is -0.489 e. The molecule has 0 aliphatic rings. The van der Waals surface area contributed by atoms with E-state index in [0.29, 0.717) is 31.3 Å². The quantitative estimate of drug-likeness (QED) is 0.112. The van der Waals surface area contributed by atoms with Crippen molar-refractivity contribution in [2.24, 2.45) is 10.7 Å². The Morgan fingerprint density at radius 3 is 1.98 bits per heavy atom. The second-order valence-corrected chi connectivity index (χ2v) is 13.4. The molecule has 4 rings (SSSR count). The highest BCUT2D eigenvalue weighted by atomic mass is 32.2. The lowest BCUT2D eigenvalue weighted by Gasteiger charge is -2.25. The Morgan fingerprint density at radius 2 is 1.45 bits per heavy atom. The van der Waals surface area contributed by atoms with E-state index in [1.165, 1.54) is 16.7 Å². The number of guanidine groups is 1. The number of anilines is 1. The van der Waals surface area contributed by atoms with Gasteiger partial charge in [0.05, 0.1) is 18.5 Å². The fourth-order valence-corrected chi connectivity index (χ4v) is 4.37. The van der Waals surface area contributed by atoms with Crippen LogP contribution in [0.1, 0.15) is 69.2 Å². The zero-order chi connectivity index (χ0) is 32.3. The summed E-state index contributed by atoms with van der Waals surface area (Å²) >= 11 is 0. The summed E-state index contributed by atoms with van der Waals surface area (Å²) in [7, 11) is -3.67. The highest BCUT2D eigenvalue weighted by Gasteiger charge is 2.16. The smallest absolute Gasteiger partial charge is 0.261 e. The fraction of sp³-hybridized carbons (Fsp3) is 0.306. The van der Waals surface area contributed by atoms with Crippen LogP contribution < -0.4 is 15.4 Å². The maximum Gasteiger partial charge on any atom is 0.261 e. The summed E-state index contributed by atoms with van der Waals surface area (Å²) in [6, 6.07) is 35.4. The van der Waals surface area contributed by atoms with Gasteiger partial charge in [-0.1, -0.05) is 101 Å². The highest BCUT2D eigenvalue weighted by Crippen LogP contribution is 2.27. The topological polar surface area (TPSA) is 105 Å². The van der Waals surface area contributed by atoms with E-state index < -0.39 is 10.1 Å². The van der Waals surface area contributed by atoms with Crippen LogP contribution in [0.5, 0.6) is 5.75 Å². The number of aliphatic imine (C=N–C) groups is 1. The average molecular weight is 616 g/mol. The Bertz CT molecular complexity index is 1570. The van der Waals surface area contributed by atoms with Crippen LogP contribution in [0, 0.1) is 0 Å². The molecule has 4 aromatic rings. The van der Waals surface area contributed by atoms with E-state index in [1.54, 1.807) is 0 Å². The van der Waals surface area contributed by atoms with Gasteiger partial charge in [-0.25, -0.2) is 4.99 Å². The SMILES string of the molecule is CCC(C)c1ccc(N(Cc2ccc(C(C)(C)C)cc2)C(N)=Nc2ccc(OCc3ccccc3)cc2)cc1.CS(=O)(=O)O. The summed E-state index contributed by atoms with van der Waals surface area (Å²) in [4.78, 5) is 6.86. The van der Waals surface area contributed by atoms with E-state index >= 15 is 0 Å². The predicted molar refractivity (Wildman–Crippen MR) is 182 cm³/mol. The molecule has 8 heteroatoms. The molecule has 0 aliphatic heterocycles. The van der Waals surface area contributed by atoms with Gasteiger partial charge in [0.15, 0.2) is 0 Å². The summed E-state index contributed by atoms with van der Waals surface area (Å²) in [5.41, 5.74) is 13.5. The number of hydrogen-bond donors (Lipinski definition) is 2. The molecule has 3 N–H and O–H groups in total. The van der Waals surface area contributed by atoms with E-state index in [2.05, 4.69) is 100 Å². The van der Waals surface area contributed by atoms with E-state index in [9.17, 15) is 8.42 Å². The fourth-order valence-electron chi connectivity index (χ4n) is 4.37. The molecule has 4 aromatic carbocycles. The summed E-state index contributed by atoms with van der Waals surface area (Å²) in [6.07, 6.45) is 1.82. The van der Waals surface area contributed by atoms with Gasteiger partial charge in [-0.3, -0.25) is 4.55 Å². The van der Waals surface area contributed by atoms with Crippen LogP contribution in [-0.4, -0.2) is 25.2 Å². The molecule has 0 radical (unpaired) electrons. The first kappa shape index (κ1) is 34.4. The Labute approximate surface area is 263 Å². The van der Waals surface area contributed by atoms with Crippen molar-refractivity contribution in [2.75, 3.05) is 11.2 Å². The minimum atomic E-state index is -3.67. The van der Waals surface area contributed by atoms with Gasteiger partial charge in [0.2, 0.25) is 5.96 Å². The van der Waals surface area contributed by atoms with Crippen molar-refractivity contribution in [3.05, 3.63) is 125 Å². The number of rotatable bonds is 9. The van der Waals surface area contributed by atoms with Crippen molar-refractivity contribution in [3.63, 3.8) is 0 Å². The minimum absolute atomic E-state index is 0.113. The number of nitrogens with two attached hydrogens (primary N) is 1. The first-order valence-electron chi connectivity index (χ1n) is 14.7. The lowest BCUT2D eigenvalue weighted by Crippen LogP contribution is -2.36. The van der Waals surface area contributed by atoms with Crippen LogP contribution in [0.4, 0.5) is 11.4 Å². The van der Waals surface area contributed by atoms with Crippen molar-refractivity contribution >= 4 is 27.5 Å². The molecule has 1 unspecified atom stereocenters. The van der Waals surface area contributed by atoms with Crippen LogP contribution in [0.25, 0.3) is 0 Å². The molecule has 0 heterocycles. The molecule has 0 aromatic heterocycles. The molecule has 0 bridgehead atoms. The number of benzene rings is 4. The second kappa shape index (κ2) is 15.5. The molecule has 0 spiro atoms. The van der Waals surface area contributed by atoms with E-state index in [-0.39, 0.29) is 5.41 Å². The van der Waals surface area contributed by atoms with Crippen molar-refractivity contribution in [1.29, 1.82) is 0 Å². The summed E-state index contributed by atoms with van der Waals surface area (Å²) in [5, 5.41) is 0. The van der Waals surface area contributed by atoms with Crippen molar-refractivity contribution in [3.8, 4) is 5.75 Å². The Hall–Kier alpha value is -4.14. The molecule has 0 saturated heterocycles. The van der Waals surface area contributed by atoms with Crippen molar-refractivity contribution in [1.82, 2.24) is 0 Å². The maximum absolute atomic E-state index is 9.19. The van der Waals surface area contributed by atoms with Crippen LogP contribution in [0.15, 0.2) is 108 Å². The van der Waals surface area contributed by atoms with Gasteiger partial charge in [-0.2, -0.15) is 8.42 Å². The summed E-state index contributed by atoms with van der Waals surface area (Å²) in [5.74, 6) is 1.77. The average Bonchev–Trinajstić information content (AvgIpc) is 2.98. The molecule has 0 aliphatic carbocycles. The van der Waals surface area contributed by atoms with Crippen LogP contribution in [0.2, 0.25) is 0 Å². The lowest BCUT2D eigenvalue weighted by atomic mass is 9.87. The third-order valence-electron chi connectivity index (χ3n) is 7.15. The third-order valence-corrected chi connectivity index (χ3v) is 7.15. The first-order valence-corrected chi connectivity index (χ1v) is 16.6. The maximum atomic E-state index is 9.19. The normalized spacial score (nSPS) is 12.6. The standard InChI is InChI=1S/C35H41N3O.CH4O3S/c1-6-26(2)29-14-20-32(21-15-29)38(24-27-12-16-30(17-13-27)35(3,4)5)34(36)37-31-18-22-33(23-19-31)39-25-28-10-8-7-9-11-28;1-5(2,3)4/h7-23,26H,6,24-25H2,1-5H3,(H2,36,37);1H3,(H,2,3,4). The van der Waals surface area contributed by atoms with Crippen LogP contribution in [0.3, 0.4) is 0 Å². The molecule has 0 fully saturated rings. The molecule has 234 valence electrons. The van der Waals surface area contributed by atoms with Gasteiger partial charge in [0.25, 0.3) is 10.1 Å².